The molecule has 2 aromatic heterocycles. The second kappa shape index (κ2) is 7.60. The molecule has 0 N–H and O–H groups in total. The summed E-state index contributed by atoms with van der Waals surface area (Å²) in [5.41, 5.74) is 7.56. The van der Waals surface area contributed by atoms with Gasteiger partial charge in [0, 0.05) is 27.2 Å². The largest absolute Gasteiger partial charge is 0.308 e. The average molecular weight is 459 g/mol. The van der Waals surface area contributed by atoms with Gasteiger partial charge in [-0.15, -0.1) is 0 Å². The van der Waals surface area contributed by atoms with Crippen molar-refractivity contribution in [1.82, 2.24) is 9.13 Å². The molecule has 166 valence electrons. The van der Waals surface area contributed by atoms with Crippen molar-refractivity contribution in [1.29, 1.82) is 5.26 Å². The summed E-state index contributed by atoms with van der Waals surface area (Å²) >= 11 is 0. The molecular weight excluding hydrogens is 440 g/mol. The molecule has 0 aliphatic heterocycles. The summed E-state index contributed by atoms with van der Waals surface area (Å²) in [5.74, 6) is 0. The second-order valence-electron chi connectivity index (χ2n) is 8.85. The summed E-state index contributed by atoms with van der Waals surface area (Å²) in [6.45, 7) is 7.55. The van der Waals surface area contributed by atoms with E-state index in [1.165, 1.54) is 0 Å². The van der Waals surface area contributed by atoms with Crippen molar-refractivity contribution in [2.24, 2.45) is 0 Å². The first-order valence-corrected chi connectivity index (χ1v) is 11.7. The van der Waals surface area contributed by atoms with Gasteiger partial charge < -0.3 is 9.13 Å². The van der Waals surface area contributed by atoms with E-state index in [-0.39, 0.29) is 0 Å². The molecule has 0 amide bonds. The highest BCUT2D eigenvalue weighted by Gasteiger charge is 2.19. The molecule has 0 aliphatic carbocycles. The van der Waals surface area contributed by atoms with Crippen LogP contribution in [0.25, 0.3) is 59.8 Å². The Hall–Kier alpha value is -5.32. The maximum atomic E-state index is 9.54. The van der Waals surface area contributed by atoms with E-state index in [1.54, 1.807) is 0 Å². The predicted octanol–water partition coefficient (Wildman–Crippen LogP) is 8.30. The van der Waals surface area contributed by atoms with Crippen molar-refractivity contribution in [3.05, 3.63) is 126 Å². The topological polar surface area (TPSA) is 38.0 Å². The quantitative estimate of drug-likeness (QED) is 0.240. The molecule has 0 aliphatic rings. The Morgan fingerprint density at radius 2 is 1.28 bits per heavy atom. The van der Waals surface area contributed by atoms with Gasteiger partial charge in [0.25, 0.3) is 0 Å². The summed E-state index contributed by atoms with van der Waals surface area (Å²) in [4.78, 5) is 3.68. The van der Waals surface area contributed by atoms with Gasteiger partial charge in [-0.25, -0.2) is 4.85 Å². The van der Waals surface area contributed by atoms with Crippen LogP contribution in [-0.2, 0) is 0 Å². The molecule has 0 fully saturated rings. The molecule has 0 atom stereocenters. The van der Waals surface area contributed by atoms with Crippen LogP contribution in [0.5, 0.6) is 0 Å². The lowest BCUT2D eigenvalue weighted by Gasteiger charge is -2.14. The third-order valence-corrected chi connectivity index (χ3v) is 6.93. The summed E-state index contributed by atoms with van der Waals surface area (Å²) in [5, 5.41) is 14.0. The van der Waals surface area contributed by atoms with E-state index in [9.17, 15) is 5.26 Å². The summed E-state index contributed by atoms with van der Waals surface area (Å²) in [6.07, 6.45) is 0. The molecule has 0 saturated carbocycles. The lowest BCUT2D eigenvalue weighted by molar-refractivity contribution is 1.13. The maximum Gasteiger partial charge on any atom is 0.189 e. The van der Waals surface area contributed by atoms with Crippen LogP contribution in [0.3, 0.4) is 0 Å². The number of benzene rings is 5. The van der Waals surface area contributed by atoms with Gasteiger partial charge >= 0.3 is 0 Å². The van der Waals surface area contributed by atoms with Crippen molar-refractivity contribution in [2.75, 3.05) is 0 Å². The number of nitriles is 1. The van der Waals surface area contributed by atoms with Crippen molar-refractivity contribution >= 4 is 49.3 Å². The molecular formula is C32H18N4. The van der Waals surface area contributed by atoms with E-state index < -0.39 is 0 Å². The molecule has 0 radical (unpaired) electrons. The van der Waals surface area contributed by atoms with E-state index in [2.05, 4.69) is 86.8 Å². The Kier molecular flexibility index (Phi) is 4.24. The zero-order valence-electron chi connectivity index (χ0n) is 19.2. The molecule has 2 heterocycles. The van der Waals surface area contributed by atoms with Crippen molar-refractivity contribution < 1.29 is 0 Å². The Bertz CT molecular complexity index is 2080. The smallest absolute Gasteiger partial charge is 0.189 e. The van der Waals surface area contributed by atoms with E-state index in [1.807, 2.05) is 42.5 Å². The molecule has 36 heavy (non-hydrogen) atoms. The van der Waals surface area contributed by atoms with Crippen molar-refractivity contribution in [3.63, 3.8) is 0 Å². The van der Waals surface area contributed by atoms with Crippen LogP contribution in [0.2, 0.25) is 0 Å². The fourth-order valence-electron chi connectivity index (χ4n) is 5.45. The molecule has 5 aromatic carbocycles. The number of fused-ring (bicyclic) bond motifs is 6. The maximum absolute atomic E-state index is 9.54. The Labute approximate surface area is 207 Å². The standard InChI is InChI=1S/C32H18N4/c1-34-22-8-6-9-23(19-22)35-28-13-4-2-10-24(28)26-12-7-15-31(32(26)35)36-29-14-5-3-11-25(29)27-18-21(20-33)16-17-30(27)36/h2-19H. The van der Waals surface area contributed by atoms with E-state index >= 15 is 0 Å². The molecule has 0 saturated heterocycles. The van der Waals surface area contributed by atoms with Crippen LogP contribution < -0.4 is 0 Å². The zero-order chi connectivity index (χ0) is 24.2. The van der Waals surface area contributed by atoms with Gasteiger partial charge in [0.1, 0.15) is 0 Å². The number of hydrogen-bond donors (Lipinski definition) is 0. The normalized spacial score (nSPS) is 11.3. The Morgan fingerprint density at radius 3 is 2.06 bits per heavy atom. The first-order chi connectivity index (χ1) is 17.8. The van der Waals surface area contributed by atoms with Gasteiger partial charge in [0.05, 0.1) is 46.0 Å². The molecule has 7 aromatic rings. The zero-order valence-corrected chi connectivity index (χ0v) is 19.2. The average Bonchev–Trinajstić information content (AvgIpc) is 3.46. The van der Waals surface area contributed by atoms with Crippen LogP contribution in [0, 0.1) is 17.9 Å². The van der Waals surface area contributed by atoms with Crippen molar-refractivity contribution in [2.45, 2.75) is 0 Å². The lowest BCUT2D eigenvalue weighted by Crippen LogP contribution is -2.00. The molecule has 4 nitrogen and oxygen atoms in total. The number of rotatable bonds is 2. The van der Waals surface area contributed by atoms with Gasteiger partial charge in [0.2, 0.25) is 0 Å². The molecule has 0 spiro atoms. The molecule has 4 heteroatoms. The SMILES string of the molecule is [C-]#[N+]c1cccc(-n2c3ccccc3c3cccc(-n4c5ccccc5c5cc(C#N)ccc54)c32)c1. The number of hydrogen-bond acceptors (Lipinski definition) is 1. The first-order valence-electron chi connectivity index (χ1n) is 11.7. The monoisotopic (exact) mass is 458 g/mol. The summed E-state index contributed by atoms with van der Waals surface area (Å²) in [6, 6.07) is 39.1. The number of nitrogens with zero attached hydrogens (tertiary/aromatic N) is 4. The fourth-order valence-corrected chi connectivity index (χ4v) is 5.45. The van der Waals surface area contributed by atoms with Gasteiger partial charge in [-0.05, 0) is 48.5 Å². The summed E-state index contributed by atoms with van der Waals surface area (Å²) < 4.78 is 4.56. The third kappa shape index (κ3) is 2.73. The number of para-hydroxylation sites is 3. The Balaban J connectivity index is 1.69. The molecule has 7 rings (SSSR count). The van der Waals surface area contributed by atoms with E-state index in [0.717, 1.165) is 55.0 Å². The van der Waals surface area contributed by atoms with Crippen LogP contribution in [-0.4, -0.2) is 9.13 Å². The van der Waals surface area contributed by atoms with E-state index in [4.69, 9.17) is 6.57 Å². The lowest BCUT2D eigenvalue weighted by atomic mass is 10.1. The van der Waals surface area contributed by atoms with Gasteiger partial charge in [-0.3, -0.25) is 0 Å². The minimum atomic E-state index is 0.608. The molecule has 0 unspecified atom stereocenters. The predicted molar refractivity (Wildman–Crippen MR) is 146 cm³/mol. The highest BCUT2D eigenvalue weighted by Crippen LogP contribution is 2.39. The fraction of sp³-hybridized carbons (Fsp3) is 0. The van der Waals surface area contributed by atoms with Crippen LogP contribution in [0.15, 0.2) is 109 Å². The van der Waals surface area contributed by atoms with Gasteiger partial charge in [-0.1, -0.05) is 60.7 Å². The molecule has 0 bridgehead atoms. The van der Waals surface area contributed by atoms with Crippen molar-refractivity contribution in [3.8, 4) is 17.4 Å². The summed E-state index contributed by atoms with van der Waals surface area (Å²) in [7, 11) is 0. The highest BCUT2D eigenvalue weighted by molar-refractivity contribution is 6.15. The van der Waals surface area contributed by atoms with Crippen LogP contribution in [0.1, 0.15) is 5.56 Å². The minimum absolute atomic E-state index is 0.608. The van der Waals surface area contributed by atoms with Crippen LogP contribution >= 0.6 is 0 Å². The second-order valence-corrected chi connectivity index (χ2v) is 8.85. The Morgan fingerprint density at radius 1 is 0.611 bits per heavy atom. The third-order valence-electron chi connectivity index (χ3n) is 6.93. The first kappa shape index (κ1) is 20.1. The number of aromatic nitrogens is 2. The van der Waals surface area contributed by atoms with Gasteiger partial charge in [-0.2, -0.15) is 5.26 Å². The highest BCUT2D eigenvalue weighted by atomic mass is 15.1. The van der Waals surface area contributed by atoms with Gasteiger partial charge in [0.15, 0.2) is 5.69 Å². The van der Waals surface area contributed by atoms with Crippen LogP contribution in [0.4, 0.5) is 5.69 Å². The minimum Gasteiger partial charge on any atom is -0.308 e. The van der Waals surface area contributed by atoms with E-state index in [0.29, 0.717) is 11.3 Å².